The lowest BCUT2D eigenvalue weighted by molar-refractivity contribution is -0.124. The van der Waals surface area contributed by atoms with Crippen molar-refractivity contribution in [2.45, 2.75) is 25.0 Å². The summed E-state index contributed by atoms with van der Waals surface area (Å²) in [6.45, 7) is 9.75. The molecule has 1 aliphatic rings. The summed E-state index contributed by atoms with van der Waals surface area (Å²) in [4.78, 5) is 0. The zero-order valence-electron chi connectivity index (χ0n) is 9.19. The predicted octanol–water partition coefficient (Wildman–Crippen LogP) is 1.94. The van der Waals surface area contributed by atoms with Gasteiger partial charge in [-0.2, -0.15) is 0 Å². The van der Waals surface area contributed by atoms with E-state index >= 15 is 0 Å². The largest absolute Gasteiger partial charge is 0.375 e. The average molecular weight is 212 g/mol. The van der Waals surface area contributed by atoms with Crippen LogP contribution in [0.15, 0.2) is 25.3 Å². The second-order valence-electron chi connectivity index (χ2n) is 3.54. The van der Waals surface area contributed by atoms with Crippen LogP contribution in [-0.2, 0) is 14.2 Å². The van der Waals surface area contributed by atoms with Crippen LogP contribution in [0.25, 0.3) is 0 Å². The van der Waals surface area contributed by atoms with E-state index in [0.29, 0.717) is 19.8 Å². The van der Waals surface area contributed by atoms with E-state index in [1.54, 1.807) is 12.2 Å². The smallest absolute Gasteiger partial charge is 0.107 e. The molecule has 0 amide bonds. The zero-order valence-corrected chi connectivity index (χ0v) is 9.19. The summed E-state index contributed by atoms with van der Waals surface area (Å²) >= 11 is 0. The fourth-order valence-corrected chi connectivity index (χ4v) is 1.62. The molecule has 3 heteroatoms. The van der Waals surface area contributed by atoms with E-state index in [-0.39, 0.29) is 12.2 Å². The van der Waals surface area contributed by atoms with Crippen molar-refractivity contribution in [3.63, 3.8) is 0 Å². The Balaban J connectivity index is 2.28. The Bertz CT molecular complexity index is 191. The van der Waals surface area contributed by atoms with Crippen molar-refractivity contribution in [2.75, 3.05) is 26.4 Å². The Morgan fingerprint density at radius 1 is 1.27 bits per heavy atom. The Hall–Kier alpha value is -0.640. The topological polar surface area (TPSA) is 27.7 Å². The molecule has 0 saturated carbocycles. The summed E-state index contributed by atoms with van der Waals surface area (Å²) in [6.07, 6.45) is 5.79. The number of hydrogen-bond donors (Lipinski definition) is 0. The Morgan fingerprint density at radius 2 is 2.07 bits per heavy atom. The quantitative estimate of drug-likeness (QED) is 0.477. The lowest BCUT2D eigenvalue weighted by atomic mass is 10.1. The van der Waals surface area contributed by atoms with E-state index in [9.17, 15) is 0 Å². The van der Waals surface area contributed by atoms with Gasteiger partial charge in [-0.05, 0) is 12.8 Å². The Labute approximate surface area is 91.7 Å². The molecule has 1 saturated heterocycles. The van der Waals surface area contributed by atoms with Crippen molar-refractivity contribution in [1.82, 2.24) is 0 Å². The fraction of sp³-hybridized carbons (Fsp3) is 0.667. The van der Waals surface area contributed by atoms with Crippen molar-refractivity contribution < 1.29 is 14.2 Å². The van der Waals surface area contributed by atoms with Crippen LogP contribution >= 0.6 is 0 Å². The summed E-state index contributed by atoms with van der Waals surface area (Å²) in [6, 6.07) is 0. The first kappa shape index (κ1) is 12.4. The highest BCUT2D eigenvalue weighted by molar-refractivity contribution is 4.77. The Kier molecular flexibility index (Phi) is 6.32. The molecular weight excluding hydrogens is 192 g/mol. The summed E-state index contributed by atoms with van der Waals surface area (Å²) in [5.41, 5.74) is 0. The SMILES string of the molecule is C=CCOC[C@H]1OCCC[C@@H]1OCC=C. The molecule has 0 unspecified atom stereocenters. The molecule has 0 aromatic rings. The lowest BCUT2D eigenvalue weighted by Crippen LogP contribution is -2.39. The third-order valence-corrected chi connectivity index (χ3v) is 2.33. The third kappa shape index (κ3) is 4.60. The van der Waals surface area contributed by atoms with Crippen LogP contribution < -0.4 is 0 Å². The molecule has 0 spiro atoms. The van der Waals surface area contributed by atoms with Gasteiger partial charge in [-0.25, -0.2) is 0 Å². The second-order valence-corrected chi connectivity index (χ2v) is 3.54. The van der Waals surface area contributed by atoms with Gasteiger partial charge in [-0.3, -0.25) is 0 Å². The first-order valence-corrected chi connectivity index (χ1v) is 5.41. The highest BCUT2D eigenvalue weighted by atomic mass is 16.6. The average Bonchev–Trinajstić information content (AvgIpc) is 2.28. The number of hydrogen-bond acceptors (Lipinski definition) is 3. The van der Waals surface area contributed by atoms with Crippen molar-refractivity contribution in [1.29, 1.82) is 0 Å². The minimum Gasteiger partial charge on any atom is -0.375 e. The highest BCUT2D eigenvalue weighted by Crippen LogP contribution is 2.17. The molecule has 0 aromatic heterocycles. The van der Waals surface area contributed by atoms with Gasteiger partial charge in [0.15, 0.2) is 0 Å². The number of ether oxygens (including phenoxy) is 3. The van der Waals surface area contributed by atoms with E-state index < -0.39 is 0 Å². The molecular formula is C12H20O3. The maximum absolute atomic E-state index is 5.63. The van der Waals surface area contributed by atoms with Crippen LogP contribution in [0.5, 0.6) is 0 Å². The number of rotatable bonds is 7. The molecule has 0 radical (unpaired) electrons. The van der Waals surface area contributed by atoms with Crippen LogP contribution in [0, 0.1) is 0 Å². The van der Waals surface area contributed by atoms with Gasteiger partial charge >= 0.3 is 0 Å². The van der Waals surface area contributed by atoms with Crippen molar-refractivity contribution in [3.8, 4) is 0 Å². The van der Waals surface area contributed by atoms with E-state index in [1.165, 1.54) is 0 Å². The minimum atomic E-state index is 0.0543. The summed E-state index contributed by atoms with van der Waals surface area (Å²) in [7, 11) is 0. The molecule has 15 heavy (non-hydrogen) atoms. The normalized spacial score (nSPS) is 26.1. The van der Waals surface area contributed by atoms with Gasteiger partial charge in [-0.1, -0.05) is 12.2 Å². The molecule has 3 nitrogen and oxygen atoms in total. The molecule has 0 aromatic carbocycles. The van der Waals surface area contributed by atoms with Gasteiger partial charge in [0.1, 0.15) is 6.10 Å². The van der Waals surface area contributed by atoms with Crippen LogP contribution in [0.4, 0.5) is 0 Å². The maximum Gasteiger partial charge on any atom is 0.107 e. The summed E-state index contributed by atoms with van der Waals surface area (Å²) < 4.78 is 16.6. The van der Waals surface area contributed by atoms with Gasteiger partial charge in [0.2, 0.25) is 0 Å². The van der Waals surface area contributed by atoms with E-state index in [2.05, 4.69) is 13.2 Å². The van der Waals surface area contributed by atoms with Crippen LogP contribution in [0.1, 0.15) is 12.8 Å². The van der Waals surface area contributed by atoms with Crippen molar-refractivity contribution in [2.24, 2.45) is 0 Å². The zero-order chi connectivity index (χ0) is 10.9. The van der Waals surface area contributed by atoms with Gasteiger partial charge in [0, 0.05) is 6.61 Å². The van der Waals surface area contributed by atoms with E-state index in [4.69, 9.17) is 14.2 Å². The lowest BCUT2D eigenvalue weighted by Gasteiger charge is -2.31. The van der Waals surface area contributed by atoms with Gasteiger partial charge < -0.3 is 14.2 Å². The predicted molar refractivity (Wildman–Crippen MR) is 59.9 cm³/mol. The molecule has 2 atom stereocenters. The van der Waals surface area contributed by atoms with Crippen LogP contribution in [-0.4, -0.2) is 38.6 Å². The fourth-order valence-electron chi connectivity index (χ4n) is 1.62. The maximum atomic E-state index is 5.63. The molecule has 1 heterocycles. The summed E-state index contributed by atoms with van der Waals surface area (Å²) in [5.74, 6) is 0. The minimum absolute atomic E-state index is 0.0543. The Morgan fingerprint density at radius 3 is 2.80 bits per heavy atom. The molecule has 0 aliphatic carbocycles. The first-order chi connectivity index (χ1) is 7.38. The van der Waals surface area contributed by atoms with Crippen LogP contribution in [0.3, 0.4) is 0 Å². The first-order valence-electron chi connectivity index (χ1n) is 5.41. The van der Waals surface area contributed by atoms with Gasteiger partial charge in [0.25, 0.3) is 0 Å². The standard InChI is InChI=1S/C12H20O3/c1-3-7-13-10-12-11(14-8-4-2)6-5-9-15-12/h3-4,11-12H,1-2,5-10H2/t11-,12+/m0/s1. The van der Waals surface area contributed by atoms with Gasteiger partial charge in [-0.15, -0.1) is 13.2 Å². The van der Waals surface area contributed by atoms with Crippen molar-refractivity contribution >= 4 is 0 Å². The molecule has 1 aliphatic heterocycles. The molecule has 86 valence electrons. The third-order valence-electron chi connectivity index (χ3n) is 2.33. The highest BCUT2D eigenvalue weighted by Gasteiger charge is 2.26. The second kappa shape index (κ2) is 7.63. The van der Waals surface area contributed by atoms with E-state index in [0.717, 1.165) is 19.4 Å². The summed E-state index contributed by atoms with van der Waals surface area (Å²) in [5, 5.41) is 0. The molecule has 0 N–H and O–H groups in total. The van der Waals surface area contributed by atoms with Gasteiger partial charge in [0.05, 0.1) is 25.9 Å². The van der Waals surface area contributed by atoms with Crippen LogP contribution in [0.2, 0.25) is 0 Å². The monoisotopic (exact) mass is 212 g/mol. The molecule has 0 bridgehead atoms. The molecule has 1 fully saturated rings. The van der Waals surface area contributed by atoms with Crippen molar-refractivity contribution in [3.05, 3.63) is 25.3 Å². The molecule has 1 rings (SSSR count). The van der Waals surface area contributed by atoms with E-state index in [1.807, 2.05) is 0 Å².